The number of methoxy groups -OCH3 is 1. The smallest absolute Gasteiger partial charge is 0.0924 e. The molecular formula is C18H34O. The molecule has 0 aliphatic carbocycles. The second kappa shape index (κ2) is 7.17. The predicted molar refractivity (Wildman–Crippen MR) is 86.2 cm³/mol. The fourth-order valence-electron chi connectivity index (χ4n) is 2.38. The zero-order valence-electron chi connectivity index (χ0n) is 14.6. The van der Waals surface area contributed by atoms with Gasteiger partial charge in [-0.3, -0.25) is 0 Å². The van der Waals surface area contributed by atoms with Crippen LogP contribution in [0.15, 0.2) is 23.5 Å². The minimum atomic E-state index is 0.296. The molecule has 1 unspecified atom stereocenters. The van der Waals surface area contributed by atoms with E-state index in [0.717, 1.165) is 12.2 Å². The number of hydrogen-bond donors (Lipinski definition) is 0. The molecule has 19 heavy (non-hydrogen) atoms. The Balaban J connectivity index is 5.32. The van der Waals surface area contributed by atoms with Crippen molar-refractivity contribution in [2.45, 2.75) is 68.2 Å². The second-order valence-electron chi connectivity index (χ2n) is 7.76. The van der Waals surface area contributed by atoms with Gasteiger partial charge < -0.3 is 4.74 Å². The van der Waals surface area contributed by atoms with Gasteiger partial charge in [-0.1, -0.05) is 60.1 Å². The van der Waals surface area contributed by atoms with Gasteiger partial charge in [0.15, 0.2) is 0 Å². The monoisotopic (exact) mass is 266 g/mol. The first-order valence-corrected chi connectivity index (χ1v) is 7.42. The van der Waals surface area contributed by atoms with Gasteiger partial charge in [0.1, 0.15) is 0 Å². The maximum absolute atomic E-state index is 5.23. The van der Waals surface area contributed by atoms with E-state index in [1.165, 1.54) is 12.0 Å². The van der Waals surface area contributed by atoms with Crippen LogP contribution in [-0.2, 0) is 4.74 Å². The van der Waals surface area contributed by atoms with Crippen LogP contribution < -0.4 is 0 Å². The third kappa shape index (κ3) is 7.44. The standard InChI is InChI=1S/C18H34O/c1-10-15(12-11-14(2)19-9)16(18(6,7)8)13-17(3,4)5/h11-12,16H,10,13H2,1-9H3/b14-11+,15-12+. The van der Waals surface area contributed by atoms with E-state index in [9.17, 15) is 0 Å². The molecule has 0 radical (unpaired) electrons. The van der Waals surface area contributed by atoms with Crippen molar-refractivity contribution >= 4 is 0 Å². The summed E-state index contributed by atoms with van der Waals surface area (Å²) >= 11 is 0. The molecule has 0 aliphatic rings. The van der Waals surface area contributed by atoms with E-state index in [4.69, 9.17) is 4.74 Å². The van der Waals surface area contributed by atoms with E-state index in [0.29, 0.717) is 16.7 Å². The van der Waals surface area contributed by atoms with E-state index >= 15 is 0 Å². The van der Waals surface area contributed by atoms with Gasteiger partial charge in [-0.25, -0.2) is 0 Å². The van der Waals surface area contributed by atoms with Crippen LogP contribution >= 0.6 is 0 Å². The third-order valence-electron chi connectivity index (χ3n) is 3.57. The Kier molecular flexibility index (Phi) is 6.89. The average molecular weight is 266 g/mol. The minimum absolute atomic E-state index is 0.296. The minimum Gasteiger partial charge on any atom is -0.501 e. The van der Waals surface area contributed by atoms with E-state index in [1.807, 2.05) is 6.92 Å². The average Bonchev–Trinajstić information content (AvgIpc) is 2.25. The summed E-state index contributed by atoms with van der Waals surface area (Å²) in [5.41, 5.74) is 2.18. The van der Waals surface area contributed by atoms with Crippen LogP contribution in [0.1, 0.15) is 68.2 Å². The molecule has 112 valence electrons. The Bertz CT molecular complexity index is 321. The van der Waals surface area contributed by atoms with Gasteiger partial charge in [0.2, 0.25) is 0 Å². The second-order valence-corrected chi connectivity index (χ2v) is 7.76. The van der Waals surface area contributed by atoms with Crippen LogP contribution in [0.4, 0.5) is 0 Å². The van der Waals surface area contributed by atoms with Crippen LogP contribution in [0.25, 0.3) is 0 Å². The highest BCUT2D eigenvalue weighted by atomic mass is 16.5. The van der Waals surface area contributed by atoms with Crippen LogP contribution in [0.5, 0.6) is 0 Å². The highest BCUT2D eigenvalue weighted by molar-refractivity contribution is 5.18. The Morgan fingerprint density at radius 1 is 1.05 bits per heavy atom. The molecule has 0 saturated heterocycles. The van der Waals surface area contributed by atoms with Crippen molar-refractivity contribution in [3.05, 3.63) is 23.5 Å². The molecule has 0 amide bonds. The van der Waals surface area contributed by atoms with E-state index < -0.39 is 0 Å². The van der Waals surface area contributed by atoms with Gasteiger partial charge in [0.05, 0.1) is 12.9 Å². The summed E-state index contributed by atoms with van der Waals surface area (Å²) in [6.45, 7) is 18.3. The number of rotatable bonds is 5. The number of allylic oxidation sites excluding steroid dienone is 4. The van der Waals surface area contributed by atoms with Crippen molar-refractivity contribution in [2.75, 3.05) is 7.11 Å². The lowest BCUT2D eigenvalue weighted by Crippen LogP contribution is -2.27. The van der Waals surface area contributed by atoms with Crippen molar-refractivity contribution in [3.63, 3.8) is 0 Å². The van der Waals surface area contributed by atoms with Crippen molar-refractivity contribution in [1.82, 2.24) is 0 Å². The van der Waals surface area contributed by atoms with Gasteiger partial charge >= 0.3 is 0 Å². The molecule has 0 fully saturated rings. The van der Waals surface area contributed by atoms with Gasteiger partial charge in [-0.15, -0.1) is 0 Å². The molecule has 1 atom stereocenters. The first-order valence-electron chi connectivity index (χ1n) is 7.42. The summed E-state index contributed by atoms with van der Waals surface area (Å²) in [6, 6.07) is 0. The topological polar surface area (TPSA) is 9.23 Å². The zero-order valence-corrected chi connectivity index (χ0v) is 14.6. The fourth-order valence-corrected chi connectivity index (χ4v) is 2.38. The summed E-state index contributed by atoms with van der Waals surface area (Å²) in [4.78, 5) is 0. The molecule has 1 nitrogen and oxygen atoms in total. The summed E-state index contributed by atoms with van der Waals surface area (Å²) in [7, 11) is 1.72. The van der Waals surface area contributed by atoms with Gasteiger partial charge in [-0.2, -0.15) is 0 Å². The lowest BCUT2D eigenvalue weighted by atomic mass is 9.68. The van der Waals surface area contributed by atoms with Crippen molar-refractivity contribution in [2.24, 2.45) is 16.7 Å². The molecule has 0 saturated carbocycles. The zero-order chi connectivity index (χ0) is 15.3. The predicted octanol–water partition coefficient (Wildman–Crippen LogP) is 5.97. The molecule has 0 aromatic rings. The van der Waals surface area contributed by atoms with Gasteiger partial charge in [0, 0.05) is 0 Å². The molecule has 0 N–H and O–H groups in total. The molecule has 0 aromatic heterocycles. The summed E-state index contributed by atoms with van der Waals surface area (Å²) in [6.07, 6.45) is 6.68. The van der Waals surface area contributed by atoms with E-state index in [-0.39, 0.29) is 0 Å². The Morgan fingerprint density at radius 3 is 1.89 bits per heavy atom. The van der Waals surface area contributed by atoms with Crippen LogP contribution in [-0.4, -0.2) is 7.11 Å². The molecule has 0 rings (SSSR count). The largest absolute Gasteiger partial charge is 0.501 e. The lowest BCUT2D eigenvalue weighted by molar-refractivity contribution is 0.193. The SMILES string of the molecule is CC/C(=C\C=C(/C)OC)C(CC(C)(C)C)C(C)(C)C. The molecule has 0 aliphatic heterocycles. The molecule has 0 heterocycles. The Hall–Kier alpha value is -0.720. The Labute approximate surface area is 121 Å². The molecule has 1 heteroatoms. The van der Waals surface area contributed by atoms with Crippen molar-refractivity contribution in [1.29, 1.82) is 0 Å². The van der Waals surface area contributed by atoms with Crippen LogP contribution in [0.3, 0.4) is 0 Å². The highest BCUT2D eigenvalue weighted by Crippen LogP contribution is 2.41. The number of hydrogen-bond acceptors (Lipinski definition) is 1. The quantitative estimate of drug-likeness (QED) is 0.440. The maximum atomic E-state index is 5.23. The molecule has 0 aromatic carbocycles. The number of ether oxygens (including phenoxy) is 1. The molecule has 0 spiro atoms. The fraction of sp³-hybridized carbons (Fsp3) is 0.778. The summed E-state index contributed by atoms with van der Waals surface area (Å²) in [5, 5.41) is 0. The van der Waals surface area contributed by atoms with E-state index in [1.54, 1.807) is 7.11 Å². The molecule has 0 bridgehead atoms. The third-order valence-corrected chi connectivity index (χ3v) is 3.57. The normalized spacial score (nSPS) is 16.5. The molecular weight excluding hydrogens is 232 g/mol. The van der Waals surface area contributed by atoms with Crippen LogP contribution in [0.2, 0.25) is 0 Å². The lowest BCUT2D eigenvalue weighted by Gasteiger charge is -2.37. The van der Waals surface area contributed by atoms with Gasteiger partial charge in [0.25, 0.3) is 0 Å². The summed E-state index contributed by atoms with van der Waals surface area (Å²) in [5.74, 6) is 1.58. The Morgan fingerprint density at radius 2 is 1.58 bits per heavy atom. The maximum Gasteiger partial charge on any atom is 0.0924 e. The van der Waals surface area contributed by atoms with Crippen molar-refractivity contribution < 1.29 is 4.74 Å². The van der Waals surface area contributed by atoms with Crippen molar-refractivity contribution in [3.8, 4) is 0 Å². The van der Waals surface area contributed by atoms with Crippen LogP contribution in [0, 0.1) is 16.7 Å². The highest BCUT2D eigenvalue weighted by Gasteiger charge is 2.30. The first kappa shape index (κ1) is 18.3. The van der Waals surface area contributed by atoms with Gasteiger partial charge in [-0.05, 0) is 42.6 Å². The van der Waals surface area contributed by atoms with E-state index in [2.05, 4.69) is 60.6 Å². The first-order chi connectivity index (χ1) is 8.51. The summed E-state index contributed by atoms with van der Waals surface area (Å²) < 4.78 is 5.23.